The Labute approximate surface area is 164 Å². The molecule has 2 aromatic carbocycles. The Balaban J connectivity index is 1.34. The van der Waals surface area contributed by atoms with Crippen molar-refractivity contribution in [1.82, 2.24) is 4.90 Å². The van der Waals surface area contributed by atoms with E-state index in [0.717, 1.165) is 30.7 Å². The van der Waals surface area contributed by atoms with Gasteiger partial charge < -0.3 is 19.7 Å². The van der Waals surface area contributed by atoms with Crippen LogP contribution >= 0.6 is 0 Å². The minimum atomic E-state index is -0.465. The molecule has 2 saturated heterocycles. The highest BCUT2D eigenvalue weighted by molar-refractivity contribution is 5.94. The molecule has 0 aromatic heterocycles. The Morgan fingerprint density at radius 1 is 1.21 bits per heavy atom. The second kappa shape index (κ2) is 7.80. The van der Waals surface area contributed by atoms with Gasteiger partial charge in [-0.2, -0.15) is 0 Å². The summed E-state index contributed by atoms with van der Waals surface area (Å²) in [5, 5.41) is 3.52. The number of benzene rings is 2. The first-order valence-corrected chi connectivity index (χ1v) is 9.67. The fourth-order valence-corrected chi connectivity index (χ4v) is 4.16. The molecule has 4 rings (SSSR count). The predicted octanol–water partition coefficient (Wildman–Crippen LogP) is 3.71. The molecule has 2 heterocycles. The largest absolute Gasteiger partial charge is 0.497 e. The average molecular weight is 384 g/mol. The molecule has 0 unspecified atom stereocenters. The van der Waals surface area contributed by atoms with Gasteiger partial charge in [0.25, 0.3) is 5.91 Å². The summed E-state index contributed by atoms with van der Waals surface area (Å²) in [5.74, 6) is 0.114. The first kappa shape index (κ1) is 18.7. The van der Waals surface area contributed by atoms with E-state index in [1.807, 2.05) is 24.3 Å². The Hall–Kier alpha value is -2.60. The quantitative estimate of drug-likeness (QED) is 0.873. The van der Waals surface area contributed by atoms with Gasteiger partial charge in [-0.05, 0) is 43.5 Å². The Kier molecular flexibility index (Phi) is 5.22. The highest BCUT2D eigenvalue weighted by Gasteiger charge is 2.43. The molecule has 2 fully saturated rings. The average Bonchev–Trinajstić information content (AvgIpc) is 3.10. The van der Waals surface area contributed by atoms with Gasteiger partial charge in [0.15, 0.2) is 0 Å². The van der Waals surface area contributed by atoms with Crippen LogP contribution in [0.25, 0.3) is 0 Å². The van der Waals surface area contributed by atoms with Gasteiger partial charge in [0.2, 0.25) is 0 Å². The third kappa shape index (κ3) is 3.83. The molecule has 1 amide bonds. The molecule has 1 N–H and O–H groups in total. The second-order valence-electron chi connectivity index (χ2n) is 7.54. The number of carbonyl (C=O) groups excluding carboxylic acids is 1. The molecule has 0 radical (unpaired) electrons. The van der Waals surface area contributed by atoms with Crippen LogP contribution < -0.4 is 10.1 Å². The molecule has 2 aliphatic heterocycles. The number of piperidine rings is 1. The maximum atomic E-state index is 13.9. The van der Waals surface area contributed by atoms with E-state index in [2.05, 4.69) is 5.32 Å². The maximum absolute atomic E-state index is 13.9. The zero-order chi connectivity index (χ0) is 19.6. The highest BCUT2D eigenvalue weighted by Crippen LogP contribution is 2.37. The molecule has 148 valence electrons. The number of halogens is 1. The van der Waals surface area contributed by atoms with E-state index in [0.29, 0.717) is 19.7 Å². The van der Waals surface area contributed by atoms with E-state index in [-0.39, 0.29) is 23.1 Å². The molecule has 0 aliphatic carbocycles. The zero-order valence-electron chi connectivity index (χ0n) is 16.0. The van der Waals surface area contributed by atoms with Crippen LogP contribution in [0.4, 0.5) is 10.1 Å². The smallest absolute Gasteiger partial charge is 0.256 e. The van der Waals surface area contributed by atoms with Gasteiger partial charge in [-0.1, -0.05) is 18.2 Å². The van der Waals surface area contributed by atoms with Crippen LogP contribution in [0.3, 0.4) is 0 Å². The molecule has 1 spiro atoms. The molecule has 0 bridgehead atoms. The number of rotatable bonds is 4. The summed E-state index contributed by atoms with van der Waals surface area (Å²) in [5.41, 5.74) is 0.947. The van der Waals surface area contributed by atoms with E-state index in [1.165, 1.54) is 6.07 Å². The SMILES string of the molecule is COc1cccc(N[C@@H]2COC3(CCN(C(=O)c4ccccc4F)CC3)C2)c1. The van der Waals surface area contributed by atoms with Crippen molar-refractivity contribution in [3.63, 3.8) is 0 Å². The van der Waals surface area contributed by atoms with E-state index >= 15 is 0 Å². The van der Waals surface area contributed by atoms with Crippen LogP contribution in [0.15, 0.2) is 48.5 Å². The summed E-state index contributed by atoms with van der Waals surface area (Å²) in [7, 11) is 1.66. The molecular weight excluding hydrogens is 359 g/mol. The summed E-state index contributed by atoms with van der Waals surface area (Å²) in [6, 6.07) is 14.2. The van der Waals surface area contributed by atoms with E-state index in [4.69, 9.17) is 9.47 Å². The third-order valence-corrected chi connectivity index (χ3v) is 5.72. The molecule has 6 heteroatoms. The molecule has 2 aliphatic rings. The molecule has 5 nitrogen and oxygen atoms in total. The Morgan fingerprint density at radius 2 is 2.00 bits per heavy atom. The monoisotopic (exact) mass is 384 g/mol. The number of amides is 1. The fourth-order valence-electron chi connectivity index (χ4n) is 4.16. The fraction of sp³-hybridized carbons (Fsp3) is 0.409. The highest BCUT2D eigenvalue weighted by atomic mass is 19.1. The second-order valence-corrected chi connectivity index (χ2v) is 7.54. The summed E-state index contributed by atoms with van der Waals surface area (Å²) >= 11 is 0. The zero-order valence-corrected chi connectivity index (χ0v) is 16.0. The van der Waals surface area contributed by atoms with Crippen LogP contribution in [0.2, 0.25) is 0 Å². The third-order valence-electron chi connectivity index (χ3n) is 5.72. The van der Waals surface area contributed by atoms with Crippen LogP contribution in [-0.2, 0) is 4.74 Å². The molecule has 28 heavy (non-hydrogen) atoms. The van der Waals surface area contributed by atoms with Crippen molar-refractivity contribution >= 4 is 11.6 Å². The molecule has 1 atom stereocenters. The number of ether oxygens (including phenoxy) is 2. The normalized spacial score (nSPS) is 20.9. The van der Waals surface area contributed by atoms with Crippen molar-refractivity contribution in [1.29, 1.82) is 0 Å². The number of anilines is 1. The molecule has 0 saturated carbocycles. The maximum Gasteiger partial charge on any atom is 0.256 e. The van der Waals surface area contributed by atoms with Gasteiger partial charge in [-0.15, -0.1) is 0 Å². The number of nitrogens with one attached hydrogen (secondary N) is 1. The predicted molar refractivity (Wildman–Crippen MR) is 105 cm³/mol. The van der Waals surface area contributed by atoms with E-state index in [1.54, 1.807) is 30.2 Å². The summed E-state index contributed by atoms with van der Waals surface area (Å²) in [6.45, 7) is 1.80. The number of nitrogens with zero attached hydrogens (tertiary/aromatic N) is 1. The number of hydrogen-bond acceptors (Lipinski definition) is 4. The van der Waals surface area contributed by atoms with Crippen LogP contribution in [0.1, 0.15) is 29.6 Å². The van der Waals surface area contributed by atoms with Crippen LogP contribution in [0, 0.1) is 5.82 Å². The van der Waals surface area contributed by atoms with Gasteiger partial charge in [0, 0.05) is 24.8 Å². The van der Waals surface area contributed by atoms with Gasteiger partial charge in [0.05, 0.1) is 30.9 Å². The van der Waals surface area contributed by atoms with Crippen LogP contribution in [0.5, 0.6) is 5.75 Å². The minimum Gasteiger partial charge on any atom is -0.497 e. The first-order valence-electron chi connectivity index (χ1n) is 9.67. The van der Waals surface area contributed by atoms with E-state index in [9.17, 15) is 9.18 Å². The first-order chi connectivity index (χ1) is 13.6. The van der Waals surface area contributed by atoms with Crippen molar-refractivity contribution in [3.8, 4) is 5.75 Å². The van der Waals surface area contributed by atoms with E-state index < -0.39 is 5.82 Å². The number of likely N-dealkylation sites (tertiary alicyclic amines) is 1. The van der Waals surface area contributed by atoms with Crippen molar-refractivity contribution in [2.24, 2.45) is 0 Å². The number of carbonyl (C=O) groups is 1. The molecule has 2 aromatic rings. The van der Waals surface area contributed by atoms with Crippen molar-refractivity contribution in [2.45, 2.75) is 30.9 Å². The van der Waals surface area contributed by atoms with Gasteiger partial charge in [-0.3, -0.25) is 4.79 Å². The lowest BCUT2D eigenvalue weighted by molar-refractivity contribution is -0.0388. The topological polar surface area (TPSA) is 50.8 Å². The lowest BCUT2D eigenvalue weighted by Crippen LogP contribution is -2.46. The lowest BCUT2D eigenvalue weighted by atomic mass is 9.87. The lowest BCUT2D eigenvalue weighted by Gasteiger charge is -2.38. The molecular formula is C22H25FN2O3. The van der Waals surface area contributed by atoms with Crippen LogP contribution in [-0.4, -0.2) is 49.3 Å². The number of hydrogen-bond donors (Lipinski definition) is 1. The van der Waals surface area contributed by atoms with Gasteiger partial charge >= 0.3 is 0 Å². The standard InChI is InChI=1S/C22H25FN2O3/c1-27-18-6-4-5-16(13-18)24-17-14-22(28-15-17)9-11-25(12-10-22)21(26)19-7-2-3-8-20(19)23/h2-8,13,17,24H,9-12,14-15H2,1H3/t17-/m0/s1. The minimum absolute atomic E-state index is 0.142. The van der Waals surface area contributed by atoms with Gasteiger partial charge in [-0.25, -0.2) is 4.39 Å². The summed E-state index contributed by atoms with van der Waals surface area (Å²) < 4.78 is 25.4. The van der Waals surface area contributed by atoms with Crippen molar-refractivity contribution in [2.75, 3.05) is 32.1 Å². The van der Waals surface area contributed by atoms with Crippen molar-refractivity contribution < 1.29 is 18.7 Å². The van der Waals surface area contributed by atoms with Gasteiger partial charge in [0.1, 0.15) is 11.6 Å². The summed E-state index contributed by atoms with van der Waals surface area (Å²) in [6.07, 6.45) is 2.43. The Bertz CT molecular complexity index is 849. The summed E-state index contributed by atoms with van der Waals surface area (Å²) in [4.78, 5) is 14.3. The van der Waals surface area contributed by atoms with Crippen molar-refractivity contribution in [3.05, 3.63) is 59.9 Å². The Morgan fingerprint density at radius 3 is 2.75 bits per heavy atom. The number of methoxy groups -OCH3 is 1.